The lowest BCUT2D eigenvalue weighted by atomic mass is 10.0. The van der Waals surface area contributed by atoms with E-state index >= 15 is 0 Å². The van der Waals surface area contributed by atoms with E-state index in [0.29, 0.717) is 6.04 Å². The van der Waals surface area contributed by atoms with E-state index in [2.05, 4.69) is 52.3 Å². The zero-order valence-corrected chi connectivity index (χ0v) is 10.8. The lowest BCUT2D eigenvalue weighted by Gasteiger charge is -2.17. The molecule has 1 atom stereocenters. The van der Waals surface area contributed by atoms with E-state index in [1.807, 2.05) is 7.05 Å². The van der Waals surface area contributed by atoms with Crippen molar-refractivity contribution in [1.29, 1.82) is 0 Å². The molecule has 1 rings (SSSR count). The van der Waals surface area contributed by atoms with Crippen LogP contribution in [0.25, 0.3) is 0 Å². The number of nitrogens with one attached hydrogen (secondary N) is 1. The lowest BCUT2D eigenvalue weighted by molar-refractivity contribution is 0.556. The zero-order chi connectivity index (χ0) is 11.3. The quantitative estimate of drug-likeness (QED) is 0.823. The van der Waals surface area contributed by atoms with Crippen molar-refractivity contribution in [3.63, 3.8) is 0 Å². The third-order valence-electron chi connectivity index (χ3n) is 2.46. The third kappa shape index (κ3) is 3.37. The number of hydrogen-bond donors (Lipinski definition) is 1. The standard InChI is InChI=1S/C13H16BrN/c1-4-5-6-13(15-3)11-8-7-10(2)9-12(11)14/h1,7-9,13,15H,5-6H2,2-3H3. The molecule has 0 spiro atoms. The predicted octanol–water partition coefficient (Wildman–Crippen LogP) is 3.43. The molecule has 1 nitrogen and oxygen atoms in total. The number of aryl methyl sites for hydroxylation is 1. The lowest BCUT2D eigenvalue weighted by Crippen LogP contribution is -2.16. The van der Waals surface area contributed by atoms with Crippen LogP contribution in [0.5, 0.6) is 0 Å². The van der Waals surface area contributed by atoms with Crippen molar-refractivity contribution in [1.82, 2.24) is 5.32 Å². The molecule has 0 bridgehead atoms. The van der Waals surface area contributed by atoms with Crippen molar-refractivity contribution in [3.8, 4) is 12.3 Å². The molecule has 0 amide bonds. The van der Waals surface area contributed by atoms with Crippen LogP contribution >= 0.6 is 15.9 Å². The van der Waals surface area contributed by atoms with Gasteiger partial charge in [0.2, 0.25) is 0 Å². The van der Waals surface area contributed by atoms with Gasteiger partial charge in [-0.05, 0) is 37.6 Å². The molecule has 0 aromatic heterocycles. The average molecular weight is 266 g/mol. The molecule has 2 heteroatoms. The van der Waals surface area contributed by atoms with Crippen LogP contribution < -0.4 is 5.32 Å². The highest BCUT2D eigenvalue weighted by Gasteiger charge is 2.11. The highest BCUT2D eigenvalue weighted by atomic mass is 79.9. The number of halogens is 1. The first-order valence-corrected chi connectivity index (χ1v) is 5.85. The summed E-state index contributed by atoms with van der Waals surface area (Å²) in [5.74, 6) is 2.68. The molecule has 0 heterocycles. The van der Waals surface area contributed by atoms with Gasteiger partial charge in [-0.25, -0.2) is 0 Å². The van der Waals surface area contributed by atoms with Crippen LogP contribution in [0.3, 0.4) is 0 Å². The Morgan fingerprint density at radius 1 is 1.53 bits per heavy atom. The summed E-state index contributed by atoms with van der Waals surface area (Å²) in [6.45, 7) is 2.09. The minimum absolute atomic E-state index is 0.330. The van der Waals surface area contributed by atoms with Gasteiger partial charge in [-0.2, -0.15) is 0 Å². The Labute approximate surface area is 100 Å². The minimum Gasteiger partial charge on any atom is -0.313 e. The molecule has 0 aliphatic heterocycles. The molecule has 80 valence electrons. The highest BCUT2D eigenvalue weighted by molar-refractivity contribution is 9.10. The second-order valence-electron chi connectivity index (χ2n) is 3.61. The summed E-state index contributed by atoms with van der Waals surface area (Å²) in [7, 11) is 1.97. The fraction of sp³-hybridized carbons (Fsp3) is 0.385. The van der Waals surface area contributed by atoms with Gasteiger partial charge in [0.05, 0.1) is 0 Å². The van der Waals surface area contributed by atoms with Crippen molar-refractivity contribution < 1.29 is 0 Å². The van der Waals surface area contributed by atoms with Crippen molar-refractivity contribution in [3.05, 3.63) is 33.8 Å². The smallest absolute Gasteiger partial charge is 0.0337 e. The molecule has 0 aliphatic carbocycles. The number of benzene rings is 1. The fourth-order valence-corrected chi connectivity index (χ4v) is 2.37. The minimum atomic E-state index is 0.330. The maximum Gasteiger partial charge on any atom is 0.0337 e. The van der Waals surface area contributed by atoms with Gasteiger partial charge in [0, 0.05) is 16.9 Å². The molecule has 15 heavy (non-hydrogen) atoms. The Morgan fingerprint density at radius 2 is 2.27 bits per heavy atom. The van der Waals surface area contributed by atoms with Crippen LogP contribution in [0.4, 0.5) is 0 Å². The summed E-state index contributed by atoms with van der Waals surface area (Å²) in [5, 5.41) is 3.29. The SMILES string of the molecule is C#CCCC(NC)c1ccc(C)cc1Br. The van der Waals surface area contributed by atoms with E-state index in [4.69, 9.17) is 6.42 Å². The second-order valence-corrected chi connectivity index (χ2v) is 4.46. The molecule has 0 saturated carbocycles. The van der Waals surface area contributed by atoms with Gasteiger partial charge in [0.25, 0.3) is 0 Å². The van der Waals surface area contributed by atoms with Crippen molar-refractivity contribution in [2.24, 2.45) is 0 Å². The molecular weight excluding hydrogens is 250 g/mol. The maximum absolute atomic E-state index is 5.28. The Kier molecular flexibility index (Phi) is 4.87. The topological polar surface area (TPSA) is 12.0 Å². The Hall–Kier alpha value is -0.780. The van der Waals surface area contributed by atoms with Crippen molar-refractivity contribution in [2.75, 3.05) is 7.05 Å². The molecule has 1 aromatic rings. The Morgan fingerprint density at radius 3 is 2.80 bits per heavy atom. The van der Waals surface area contributed by atoms with Crippen LogP contribution in [-0.4, -0.2) is 7.05 Å². The monoisotopic (exact) mass is 265 g/mol. The van der Waals surface area contributed by atoms with Gasteiger partial charge in [0.15, 0.2) is 0 Å². The van der Waals surface area contributed by atoms with E-state index in [1.54, 1.807) is 0 Å². The van der Waals surface area contributed by atoms with Crippen LogP contribution in [0.15, 0.2) is 22.7 Å². The van der Waals surface area contributed by atoms with Crippen LogP contribution in [0.2, 0.25) is 0 Å². The molecule has 1 N–H and O–H groups in total. The van der Waals surface area contributed by atoms with Gasteiger partial charge in [-0.3, -0.25) is 0 Å². The first-order valence-electron chi connectivity index (χ1n) is 5.05. The summed E-state index contributed by atoms with van der Waals surface area (Å²) in [5.41, 5.74) is 2.54. The molecule has 0 aliphatic rings. The third-order valence-corrected chi connectivity index (χ3v) is 3.14. The van der Waals surface area contributed by atoms with Crippen molar-refractivity contribution >= 4 is 15.9 Å². The van der Waals surface area contributed by atoms with E-state index < -0.39 is 0 Å². The molecule has 0 saturated heterocycles. The molecule has 1 aromatic carbocycles. The van der Waals surface area contributed by atoms with Gasteiger partial charge >= 0.3 is 0 Å². The predicted molar refractivity (Wildman–Crippen MR) is 68.7 cm³/mol. The first-order chi connectivity index (χ1) is 7.19. The molecule has 0 fully saturated rings. The fourth-order valence-electron chi connectivity index (χ4n) is 1.60. The number of hydrogen-bond acceptors (Lipinski definition) is 1. The van der Waals surface area contributed by atoms with E-state index in [1.165, 1.54) is 11.1 Å². The van der Waals surface area contributed by atoms with Crippen molar-refractivity contribution in [2.45, 2.75) is 25.8 Å². The van der Waals surface area contributed by atoms with Gasteiger partial charge < -0.3 is 5.32 Å². The molecule has 0 radical (unpaired) electrons. The van der Waals surface area contributed by atoms with Crippen LogP contribution in [0, 0.1) is 19.3 Å². The van der Waals surface area contributed by atoms with Gasteiger partial charge in [-0.1, -0.05) is 28.1 Å². The van der Waals surface area contributed by atoms with Gasteiger partial charge in [0.1, 0.15) is 0 Å². The number of terminal acetylenes is 1. The maximum atomic E-state index is 5.28. The van der Waals surface area contributed by atoms with Gasteiger partial charge in [-0.15, -0.1) is 12.3 Å². The Bertz CT molecular complexity index is 365. The average Bonchev–Trinajstić information content (AvgIpc) is 2.21. The Balaban J connectivity index is 2.87. The highest BCUT2D eigenvalue weighted by Crippen LogP contribution is 2.27. The largest absolute Gasteiger partial charge is 0.313 e. The van der Waals surface area contributed by atoms with Crippen LogP contribution in [0.1, 0.15) is 30.0 Å². The first kappa shape index (κ1) is 12.3. The van der Waals surface area contributed by atoms with E-state index in [0.717, 1.165) is 17.3 Å². The molecule has 1 unspecified atom stereocenters. The van der Waals surface area contributed by atoms with Crippen LogP contribution in [-0.2, 0) is 0 Å². The van der Waals surface area contributed by atoms with E-state index in [9.17, 15) is 0 Å². The summed E-state index contributed by atoms with van der Waals surface area (Å²) in [4.78, 5) is 0. The normalized spacial score (nSPS) is 12.1. The zero-order valence-electron chi connectivity index (χ0n) is 9.18. The second kappa shape index (κ2) is 5.95. The number of rotatable bonds is 4. The summed E-state index contributed by atoms with van der Waals surface area (Å²) < 4.78 is 1.15. The summed E-state index contributed by atoms with van der Waals surface area (Å²) >= 11 is 3.59. The molecular formula is C13H16BrN. The summed E-state index contributed by atoms with van der Waals surface area (Å²) in [6, 6.07) is 6.74. The van der Waals surface area contributed by atoms with E-state index in [-0.39, 0.29) is 0 Å². The summed E-state index contributed by atoms with van der Waals surface area (Å²) in [6.07, 6.45) is 7.05.